The van der Waals surface area contributed by atoms with Crippen LogP contribution in [0.5, 0.6) is 0 Å². The predicted octanol–water partition coefficient (Wildman–Crippen LogP) is -0.311. The second-order valence-corrected chi connectivity index (χ2v) is 2.96. The van der Waals surface area contributed by atoms with Gasteiger partial charge in [0, 0.05) is 0 Å². The number of rotatable bonds is 4. The van der Waals surface area contributed by atoms with E-state index in [-0.39, 0.29) is 6.54 Å². The molecule has 58 valence electrons. The molecule has 0 spiro atoms. The summed E-state index contributed by atoms with van der Waals surface area (Å²) < 4.78 is 28.1. The zero-order chi connectivity index (χ0) is 8.04. The Hall–Kier alpha value is -0.980. The van der Waals surface area contributed by atoms with E-state index in [1.165, 1.54) is 0 Å². The predicted molar refractivity (Wildman–Crippen MR) is 33.6 cm³/mol. The van der Waals surface area contributed by atoms with Crippen molar-refractivity contribution in [3.05, 3.63) is 10.4 Å². The molecule has 10 heavy (non-hydrogen) atoms. The van der Waals surface area contributed by atoms with Gasteiger partial charge in [-0.05, 0) is 5.22 Å². The Morgan fingerprint density at radius 3 is 2.70 bits per heavy atom. The van der Waals surface area contributed by atoms with E-state index in [2.05, 4.69) is 15.6 Å². The molecule has 0 aliphatic heterocycles. The van der Waals surface area contributed by atoms with Crippen molar-refractivity contribution >= 4 is 10.1 Å². The molecule has 0 aliphatic carbocycles. The average molecular weight is 166 g/mol. The molecule has 0 radical (unpaired) electrons. The van der Waals surface area contributed by atoms with Crippen LogP contribution in [0.25, 0.3) is 10.4 Å². The summed E-state index contributed by atoms with van der Waals surface area (Å²) in [7, 11) is -3.95. The topological polar surface area (TPSA) is 115 Å². The van der Waals surface area contributed by atoms with Crippen LogP contribution < -0.4 is 5.43 Å². The van der Waals surface area contributed by atoms with Gasteiger partial charge >= 0.3 is 0 Å². The van der Waals surface area contributed by atoms with Crippen molar-refractivity contribution in [3.63, 3.8) is 0 Å². The summed E-state index contributed by atoms with van der Waals surface area (Å²) in [5.41, 5.74) is 9.74. The molecule has 7 nitrogen and oxygen atoms in total. The number of nitrogens with one attached hydrogen (secondary N) is 1. The van der Waals surface area contributed by atoms with Gasteiger partial charge in [-0.3, -0.25) is 9.98 Å². The van der Waals surface area contributed by atoms with Crippen molar-refractivity contribution in [1.82, 2.24) is 5.43 Å². The fourth-order valence-corrected chi connectivity index (χ4v) is 0.605. The molecule has 0 rings (SSSR count). The molecule has 0 aromatic heterocycles. The van der Waals surface area contributed by atoms with Gasteiger partial charge in [0.15, 0.2) is 0 Å². The quantitative estimate of drug-likeness (QED) is 0.149. The zero-order valence-electron chi connectivity index (χ0n) is 4.93. The smallest absolute Gasteiger partial charge is 0.268 e. The van der Waals surface area contributed by atoms with E-state index in [4.69, 9.17) is 10.1 Å². The molecule has 0 bridgehead atoms. The minimum Gasteiger partial charge on any atom is -0.285 e. The second-order valence-electron chi connectivity index (χ2n) is 1.38. The molecular weight excluding hydrogens is 160 g/mol. The molecule has 0 saturated carbocycles. The number of hydrogen-bond donors (Lipinski definition) is 2. The molecule has 0 atom stereocenters. The van der Waals surface area contributed by atoms with Crippen LogP contribution in [0.1, 0.15) is 0 Å². The van der Waals surface area contributed by atoms with Crippen LogP contribution in [0.15, 0.2) is 5.22 Å². The normalized spacial score (nSPS) is 10.1. The van der Waals surface area contributed by atoms with Gasteiger partial charge in [0.2, 0.25) is 0 Å². The van der Waals surface area contributed by atoms with Crippen molar-refractivity contribution in [3.8, 4) is 0 Å². The molecule has 0 heterocycles. The first-order valence-corrected chi connectivity index (χ1v) is 3.89. The Kier molecular flexibility index (Phi) is 3.55. The van der Waals surface area contributed by atoms with Crippen LogP contribution in [0, 0.1) is 0 Å². The van der Waals surface area contributed by atoms with Crippen LogP contribution in [-0.4, -0.2) is 25.3 Å². The van der Waals surface area contributed by atoms with Crippen molar-refractivity contribution in [1.29, 1.82) is 0 Å². The molecule has 8 heteroatoms. The maximum Gasteiger partial charge on any atom is 0.268 e. The maximum absolute atomic E-state index is 9.98. The Morgan fingerprint density at radius 2 is 2.30 bits per heavy atom. The summed E-state index contributed by atoms with van der Waals surface area (Å²) in [4.78, 5) is 2.29. The van der Waals surface area contributed by atoms with Crippen LogP contribution in [0.4, 0.5) is 0 Å². The highest BCUT2D eigenvalue weighted by Gasteiger charge is 2.02. The summed E-state index contributed by atoms with van der Waals surface area (Å²) in [6.45, 7) is -0.0944. The monoisotopic (exact) mass is 166 g/mol. The molecule has 0 amide bonds. The molecule has 0 saturated heterocycles. The van der Waals surface area contributed by atoms with Crippen LogP contribution in [0.3, 0.4) is 0 Å². The standard InChI is InChI=1S/C2H6N4O3S/c3-5-6-4-1-2-10(7,8)9/h4H,1-2H2,(H,7,8,9). The summed E-state index contributed by atoms with van der Waals surface area (Å²) >= 11 is 0. The van der Waals surface area contributed by atoms with E-state index in [1.54, 1.807) is 0 Å². The Balaban J connectivity index is 3.48. The van der Waals surface area contributed by atoms with Gasteiger partial charge in [-0.25, -0.2) is 0 Å². The van der Waals surface area contributed by atoms with Crippen molar-refractivity contribution in [2.24, 2.45) is 5.22 Å². The van der Waals surface area contributed by atoms with Gasteiger partial charge in [0.1, 0.15) is 12.3 Å². The highest BCUT2D eigenvalue weighted by atomic mass is 32.2. The molecule has 0 aromatic carbocycles. The molecule has 0 fully saturated rings. The largest absolute Gasteiger partial charge is 0.285 e. The third-order valence-corrected chi connectivity index (χ3v) is 1.31. The van der Waals surface area contributed by atoms with Gasteiger partial charge in [-0.1, -0.05) is 0 Å². The number of azide groups is 1. The number of nitrogens with zero attached hydrogens (tertiary/aromatic N) is 3. The first kappa shape index (κ1) is 9.02. The van der Waals surface area contributed by atoms with Crippen LogP contribution in [-0.2, 0) is 10.1 Å². The van der Waals surface area contributed by atoms with Crippen molar-refractivity contribution < 1.29 is 13.0 Å². The molecule has 2 N–H and O–H groups in total. The lowest BCUT2D eigenvalue weighted by Gasteiger charge is -1.91. The van der Waals surface area contributed by atoms with Gasteiger partial charge in [0.05, 0.1) is 0 Å². The number of hydrogen-bond acceptors (Lipinski definition) is 3. The third kappa shape index (κ3) is 7.02. The first-order valence-electron chi connectivity index (χ1n) is 2.28. The second kappa shape index (κ2) is 3.94. The lowest BCUT2D eigenvalue weighted by Crippen LogP contribution is -2.17. The van der Waals surface area contributed by atoms with Gasteiger partial charge < -0.3 is 0 Å². The average Bonchev–Trinajstić information content (AvgIpc) is 1.78. The maximum atomic E-state index is 9.98. The van der Waals surface area contributed by atoms with E-state index >= 15 is 0 Å². The summed E-state index contributed by atoms with van der Waals surface area (Å²) in [6.07, 6.45) is 0. The summed E-state index contributed by atoms with van der Waals surface area (Å²) in [5.74, 6) is -0.466. The Labute approximate surface area is 57.4 Å². The molecule has 0 aliphatic rings. The van der Waals surface area contributed by atoms with Gasteiger partial charge in [-0.2, -0.15) is 13.3 Å². The molecule has 0 aromatic rings. The van der Waals surface area contributed by atoms with Crippen LogP contribution in [0.2, 0.25) is 0 Å². The molecular formula is C2H6N4O3S. The van der Waals surface area contributed by atoms with E-state index in [9.17, 15) is 8.42 Å². The fourth-order valence-electron chi connectivity index (χ4n) is 0.256. The fraction of sp³-hybridized carbons (Fsp3) is 1.00. The summed E-state index contributed by atoms with van der Waals surface area (Å²) in [6, 6.07) is 0. The van der Waals surface area contributed by atoms with Crippen LogP contribution >= 0.6 is 0 Å². The third-order valence-electron chi connectivity index (χ3n) is 0.587. The molecule has 0 unspecified atom stereocenters. The van der Waals surface area contributed by atoms with E-state index in [1.807, 2.05) is 0 Å². The highest BCUT2D eigenvalue weighted by Crippen LogP contribution is 1.77. The zero-order valence-corrected chi connectivity index (χ0v) is 5.74. The van der Waals surface area contributed by atoms with E-state index in [0.29, 0.717) is 0 Å². The van der Waals surface area contributed by atoms with Crippen molar-refractivity contribution in [2.45, 2.75) is 0 Å². The minimum atomic E-state index is -3.95. The van der Waals surface area contributed by atoms with Gasteiger partial charge in [-0.15, -0.1) is 5.53 Å². The Morgan fingerprint density at radius 1 is 1.70 bits per heavy atom. The summed E-state index contributed by atoms with van der Waals surface area (Å²) in [5, 5.41) is 2.83. The van der Waals surface area contributed by atoms with E-state index < -0.39 is 15.9 Å². The minimum absolute atomic E-state index is 0.0944. The lowest BCUT2D eigenvalue weighted by molar-refractivity contribution is 0.481. The SMILES string of the molecule is [N-]=[N+]=NNCCS(=O)(=O)O. The lowest BCUT2D eigenvalue weighted by atomic mass is 10.8. The highest BCUT2D eigenvalue weighted by molar-refractivity contribution is 7.85. The Bertz CT molecular complexity index is 227. The van der Waals surface area contributed by atoms with Crippen molar-refractivity contribution in [2.75, 3.05) is 12.3 Å². The van der Waals surface area contributed by atoms with E-state index in [0.717, 1.165) is 0 Å². The van der Waals surface area contributed by atoms with Gasteiger partial charge in [0.25, 0.3) is 10.1 Å². The first-order chi connectivity index (χ1) is 4.56.